The van der Waals surface area contributed by atoms with E-state index in [9.17, 15) is 14.4 Å². The summed E-state index contributed by atoms with van der Waals surface area (Å²) in [4.78, 5) is 43.3. The Labute approximate surface area is 178 Å². The summed E-state index contributed by atoms with van der Waals surface area (Å²) in [5.74, 6) is 1.66. The van der Waals surface area contributed by atoms with Gasteiger partial charge in [-0.05, 0) is 75.7 Å². The van der Waals surface area contributed by atoms with E-state index in [1.807, 2.05) is 0 Å². The molecule has 2 heterocycles. The van der Waals surface area contributed by atoms with Gasteiger partial charge in [0.2, 0.25) is 5.91 Å². The van der Waals surface area contributed by atoms with Crippen molar-refractivity contribution in [2.75, 3.05) is 6.61 Å². The average molecular weight is 430 g/mol. The van der Waals surface area contributed by atoms with Crippen molar-refractivity contribution in [3.05, 3.63) is 27.1 Å². The number of esters is 1. The molecule has 2 aromatic rings. The van der Waals surface area contributed by atoms with Crippen LogP contribution in [0, 0.1) is 24.7 Å². The van der Waals surface area contributed by atoms with Gasteiger partial charge in [0.05, 0.1) is 18.3 Å². The Morgan fingerprint density at radius 3 is 2.47 bits per heavy atom. The first kappa shape index (κ1) is 19.7. The van der Waals surface area contributed by atoms with Crippen LogP contribution in [-0.2, 0) is 16.1 Å². The molecule has 6 rings (SSSR count). The van der Waals surface area contributed by atoms with Crippen LogP contribution in [0.3, 0.4) is 0 Å². The van der Waals surface area contributed by atoms with Crippen LogP contribution in [-0.4, -0.2) is 33.6 Å². The second-order valence-corrected chi connectivity index (χ2v) is 10.4. The lowest BCUT2D eigenvalue weighted by Crippen LogP contribution is -2.60. The number of rotatable bonds is 5. The molecule has 160 valence electrons. The number of hydrogen-bond donors (Lipinski definition) is 1. The highest BCUT2D eigenvalue weighted by molar-refractivity contribution is 7.20. The van der Waals surface area contributed by atoms with Crippen molar-refractivity contribution in [2.45, 2.75) is 64.5 Å². The molecule has 0 atom stereocenters. The Hall–Kier alpha value is -2.22. The standard InChI is InChI=1S/C22H27N3O4S/c1-3-29-21(28)18-12(2)17-19(30-18)23-11-25(20(17)27)10-16(26)24-22-7-13-4-14(8-22)6-15(5-13)9-22/h11,13-15H,3-10H2,1-2H3,(H,24,26). The maximum Gasteiger partial charge on any atom is 0.348 e. The van der Waals surface area contributed by atoms with E-state index in [4.69, 9.17) is 4.74 Å². The summed E-state index contributed by atoms with van der Waals surface area (Å²) in [5, 5.41) is 3.70. The smallest absolute Gasteiger partial charge is 0.348 e. The van der Waals surface area contributed by atoms with Crippen LogP contribution < -0.4 is 10.9 Å². The van der Waals surface area contributed by atoms with E-state index in [1.165, 1.54) is 30.2 Å². The van der Waals surface area contributed by atoms with E-state index in [2.05, 4.69) is 10.3 Å². The molecule has 0 saturated heterocycles. The van der Waals surface area contributed by atoms with Crippen LogP contribution in [0.1, 0.15) is 60.7 Å². The van der Waals surface area contributed by atoms with Gasteiger partial charge in [-0.2, -0.15) is 0 Å². The molecule has 4 aliphatic rings. The summed E-state index contributed by atoms with van der Waals surface area (Å²) in [5.41, 5.74) is 0.203. The molecule has 4 bridgehead atoms. The molecule has 0 radical (unpaired) electrons. The van der Waals surface area contributed by atoms with E-state index in [0.29, 0.717) is 20.7 Å². The third-order valence-electron chi connectivity index (χ3n) is 7.13. The van der Waals surface area contributed by atoms with E-state index in [0.717, 1.165) is 48.4 Å². The number of hydrogen-bond acceptors (Lipinski definition) is 6. The van der Waals surface area contributed by atoms with Crippen molar-refractivity contribution in [3.63, 3.8) is 0 Å². The van der Waals surface area contributed by atoms with Crippen molar-refractivity contribution in [1.29, 1.82) is 0 Å². The predicted octanol–water partition coefficient (Wildman–Crippen LogP) is 3.03. The Morgan fingerprint density at radius 1 is 1.23 bits per heavy atom. The molecular formula is C22H27N3O4S. The highest BCUT2D eigenvalue weighted by atomic mass is 32.1. The number of nitrogens with one attached hydrogen (secondary N) is 1. The van der Waals surface area contributed by atoms with Crippen molar-refractivity contribution in [2.24, 2.45) is 17.8 Å². The lowest BCUT2D eigenvalue weighted by atomic mass is 9.53. The van der Waals surface area contributed by atoms with Crippen LogP contribution in [0.15, 0.2) is 11.1 Å². The van der Waals surface area contributed by atoms with Gasteiger partial charge >= 0.3 is 5.97 Å². The normalized spacial score (nSPS) is 29.3. The molecule has 4 saturated carbocycles. The number of ether oxygens (including phenoxy) is 1. The van der Waals surface area contributed by atoms with Crippen molar-refractivity contribution < 1.29 is 14.3 Å². The fraction of sp³-hybridized carbons (Fsp3) is 0.636. The zero-order valence-corrected chi connectivity index (χ0v) is 18.2. The lowest BCUT2D eigenvalue weighted by Gasteiger charge is -2.56. The van der Waals surface area contributed by atoms with E-state index in [-0.39, 0.29) is 30.2 Å². The molecule has 0 aliphatic heterocycles. The van der Waals surface area contributed by atoms with E-state index < -0.39 is 5.97 Å². The van der Waals surface area contributed by atoms with Crippen molar-refractivity contribution in [1.82, 2.24) is 14.9 Å². The largest absolute Gasteiger partial charge is 0.462 e. The molecule has 4 aliphatic carbocycles. The molecule has 1 N–H and O–H groups in total. The Kier molecular flexibility index (Phi) is 4.72. The Balaban J connectivity index is 1.37. The second kappa shape index (κ2) is 7.18. The third kappa shape index (κ3) is 3.25. The molecule has 7 nitrogen and oxygen atoms in total. The topological polar surface area (TPSA) is 90.3 Å². The number of carbonyl (C=O) groups is 2. The molecule has 0 spiro atoms. The van der Waals surface area contributed by atoms with Gasteiger partial charge in [-0.3, -0.25) is 14.2 Å². The highest BCUT2D eigenvalue weighted by Gasteiger charge is 2.51. The van der Waals surface area contributed by atoms with Gasteiger partial charge < -0.3 is 10.1 Å². The SMILES string of the molecule is CCOC(=O)c1sc2ncn(CC(=O)NC34CC5CC(CC(C5)C3)C4)c(=O)c2c1C. The lowest BCUT2D eigenvalue weighted by molar-refractivity contribution is -0.127. The maximum atomic E-state index is 13.0. The summed E-state index contributed by atoms with van der Waals surface area (Å²) in [6.45, 7) is 3.70. The minimum absolute atomic E-state index is 0.0481. The monoisotopic (exact) mass is 429 g/mol. The number of amides is 1. The summed E-state index contributed by atoms with van der Waals surface area (Å²) < 4.78 is 6.43. The van der Waals surface area contributed by atoms with Gasteiger partial charge in [0.25, 0.3) is 5.56 Å². The van der Waals surface area contributed by atoms with Crippen LogP contribution in [0.5, 0.6) is 0 Å². The highest BCUT2D eigenvalue weighted by Crippen LogP contribution is 2.55. The van der Waals surface area contributed by atoms with Crippen LogP contribution in [0.2, 0.25) is 0 Å². The first-order valence-corrected chi connectivity index (χ1v) is 11.7. The molecule has 2 aromatic heterocycles. The molecule has 4 fully saturated rings. The predicted molar refractivity (Wildman–Crippen MR) is 114 cm³/mol. The molecule has 1 amide bonds. The van der Waals surface area contributed by atoms with Gasteiger partial charge in [0.15, 0.2) is 0 Å². The number of nitrogens with zero attached hydrogens (tertiary/aromatic N) is 2. The summed E-state index contributed by atoms with van der Waals surface area (Å²) in [6, 6.07) is 0. The first-order valence-electron chi connectivity index (χ1n) is 10.8. The van der Waals surface area contributed by atoms with Gasteiger partial charge in [-0.25, -0.2) is 9.78 Å². The Morgan fingerprint density at radius 2 is 1.87 bits per heavy atom. The van der Waals surface area contributed by atoms with Gasteiger partial charge in [-0.1, -0.05) is 0 Å². The number of aryl methyl sites for hydroxylation is 1. The van der Waals surface area contributed by atoms with E-state index >= 15 is 0 Å². The minimum atomic E-state index is -0.441. The number of carbonyl (C=O) groups excluding carboxylic acids is 2. The van der Waals surface area contributed by atoms with Crippen LogP contribution >= 0.6 is 11.3 Å². The minimum Gasteiger partial charge on any atom is -0.462 e. The van der Waals surface area contributed by atoms with Crippen molar-refractivity contribution in [3.8, 4) is 0 Å². The molecule has 30 heavy (non-hydrogen) atoms. The Bertz CT molecular complexity index is 1050. The average Bonchev–Trinajstić information content (AvgIpc) is 3.00. The van der Waals surface area contributed by atoms with Crippen LogP contribution in [0.25, 0.3) is 10.2 Å². The fourth-order valence-corrected chi connectivity index (χ4v) is 7.45. The second-order valence-electron chi connectivity index (χ2n) is 9.38. The molecule has 0 unspecified atom stereocenters. The summed E-state index contributed by atoms with van der Waals surface area (Å²) in [7, 11) is 0. The molecule has 0 aromatic carbocycles. The van der Waals surface area contributed by atoms with Crippen molar-refractivity contribution >= 4 is 33.4 Å². The zero-order chi connectivity index (χ0) is 21.0. The number of aromatic nitrogens is 2. The summed E-state index contributed by atoms with van der Waals surface area (Å²) >= 11 is 1.16. The van der Waals surface area contributed by atoms with Gasteiger partial charge in [0.1, 0.15) is 16.3 Å². The first-order chi connectivity index (χ1) is 14.4. The third-order valence-corrected chi connectivity index (χ3v) is 8.31. The van der Waals surface area contributed by atoms with Crippen LogP contribution in [0.4, 0.5) is 0 Å². The number of thiophene rings is 1. The van der Waals surface area contributed by atoms with Gasteiger partial charge in [-0.15, -0.1) is 11.3 Å². The fourth-order valence-electron chi connectivity index (χ4n) is 6.42. The maximum absolute atomic E-state index is 13.0. The number of fused-ring (bicyclic) bond motifs is 1. The molecular weight excluding hydrogens is 402 g/mol. The summed E-state index contributed by atoms with van der Waals surface area (Å²) in [6.07, 6.45) is 8.57. The molecule has 8 heteroatoms. The zero-order valence-electron chi connectivity index (χ0n) is 17.4. The quantitative estimate of drug-likeness (QED) is 0.738. The van der Waals surface area contributed by atoms with E-state index in [1.54, 1.807) is 13.8 Å². The van der Waals surface area contributed by atoms with Gasteiger partial charge in [0, 0.05) is 5.54 Å².